The fourth-order valence-corrected chi connectivity index (χ4v) is 1.86. The third-order valence-corrected chi connectivity index (χ3v) is 3.40. The SMILES string of the molecule is CC(C)C1(CNCCNCC(F)(F)F)CC1. The maximum absolute atomic E-state index is 11.8. The van der Waals surface area contributed by atoms with Gasteiger partial charge in [-0.05, 0) is 24.2 Å². The maximum atomic E-state index is 11.8. The van der Waals surface area contributed by atoms with Crippen LogP contribution < -0.4 is 10.6 Å². The van der Waals surface area contributed by atoms with E-state index >= 15 is 0 Å². The normalized spacial score (nSPS) is 19.1. The number of hydrogen-bond donors (Lipinski definition) is 2. The Bertz CT molecular complexity index is 210. The fraction of sp³-hybridized carbons (Fsp3) is 1.00. The van der Waals surface area contributed by atoms with Crippen LogP contribution >= 0.6 is 0 Å². The molecule has 5 heteroatoms. The maximum Gasteiger partial charge on any atom is 0.401 e. The summed E-state index contributed by atoms with van der Waals surface area (Å²) in [6.45, 7) is 5.41. The van der Waals surface area contributed by atoms with Gasteiger partial charge in [-0.1, -0.05) is 13.8 Å². The van der Waals surface area contributed by atoms with Crippen LogP contribution in [-0.2, 0) is 0 Å². The summed E-state index contributed by atoms with van der Waals surface area (Å²) in [6.07, 6.45) is -1.61. The lowest BCUT2D eigenvalue weighted by atomic mass is 9.92. The first kappa shape index (κ1) is 13.8. The number of rotatable bonds is 7. The van der Waals surface area contributed by atoms with E-state index in [1.54, 1.807) is 0 Å². The molecule has 0 aromatic carbocycles. The van der Waals surface area contributed by atoms with Crippen molar-refractivity contribution < 1.29 is 13.2 Å². The number of halogens is 3. The number of hydrogen-bond acceptors (Lipinski definition) is 2. The second-order valence-corrected chi connectivity index (χ2v) is 4.99. The van der Waals surface area contributed by atoms with E-state index in [0.29, 0.717) is 24.4 Å². The van der Waals surface area contributed by atoms with Gasteiger partial charge in [0.25, 0.3) is 0 Å². The predicted molar refractivity (Wildman–Crippen MR) is 58.3 cm³/mol. The Morgan fingerprint density at radius 3 is 2.12 bits per heavy atom. The van der Waals surface area contributed by atoms with Gasteiger partial charge in [0.1, 0.15) is 0 Å². The summed E-state index contributed by atoms with van der Waals surface area (Å²) in [5.74, 6) is 0.656. The van der Waals surface area contributed by atoms with Crippen LogP contribution in [0.15, 0.2) is 0 Å². The molecule has 0 aromatic rings. The molecular weight excluding hydrogens is 217 g/mol. The minimum atomic E-state index is -4.10. The zero-order valence-electron chi connectivity index (χ0n) is 9.95. The van der Waals surface area contributed by atoms with E-state index in [9.17, 15) is 13.2 Å². The zero-order valence-corrected chi connectivity index (χ0v) is 9.95. The molecule has 0 aromatic heterocycles. The average molecular weight is 238 g/mol. The Morgan fingerprint density at radius 2 is 1.69 bits per heavy atom. The van der Waals surface area contributed by atoms with Crippen molar-refractivity contribution in [3.05, 3.63) is 0 Å². The van der Waals surface area contributed by atoms with Crippen LogP contribution in [0.5, 0.6) is 0 Å². The number of alkyl halides is 3. The second-order valence-electron chi connectivity index (χ2n) is 4.99. The van der Waals surface area contributed by atoms with Gasteiger partial charge in [-0.2, -0.15) is 13.2 Å². The average Bonchev–Trinajstić information content (AvgIpc) is 2.90. The van der Waals surface area contributed by atoms with Crippen molar-refractivity contribution in [2.45, 2.75) is 32.9 Å². The lowest BCUT2D eigenvalue weighted by Crippen LogP contribution is -2.36. The quantitative estimate of drug-likeness (QED) is 0.664. The number of nitrogens with one attached hydrogen (secondary N) is 2. The van der Waals surface area contributed by atoms with Crippen molar-refractivity contribution in [3.63, 3.8) is 0 Å². The topological polar surface area (TPSA) is 24.1 Å². The van der Waals surface area contributed by atoms with E-state index in [2.05, 4.69) is 24.5 Å². The van der Waals surface area contributed by atoms with Gasteiger partial charge in [0.2, 0.25) is 0 Å². The molecule has 1 aliphatic rings. The van der Waals surface area contributed by atoms with E-state index in [0.717, 1.165) is 6.54 Å². The Hall–Kier alpha value is -0.290. The molecule has 0 spiro atoms. The molecule has 0 amide bonds. The van der Waals surface area contributed by atoms with Gasteiger partial charge in [0.15, 0.2) is 0 Å². The van der Waals surface area contributed by atoms with Gasteiger partial charge >= 0.3 is 6.18 Å². The van der Waals surface area contributed by atoms with Crippen LogP contribution in [-0.4, -0.2) is 32.4 Å². The van der Waals surface area contributed by atoms with Crippen LogP contribution in [0.25, 0.3) is 0 Å². The van der Waals surface area contributed by atoms with E-state index in [1.165, 1.54) is 12.8 Å². The van der Waals surface area contributed by atoms with Crippen molar-refractivity contribution in [3.8, 4) is 0 Å². The Labute approximate surface area is 95.0 Å². The highest BCUT2D eigenvalue weighted by Gasteiger charge is 2.44. The van der Waals surface area contributed by atoms with Crippen molar-refractivity contribution >= 4 is 0 Å². The standard InChI is InChI=1S/C11H21F3N2/c1-9(2)10(3-4-10)7-15-5-6-16-8-11(12,13)14/h9,15-16H,3-8H2,1-2H3. The highest BCUT2D eigenvalue weighted by Crippen LogP contribution is 2.51. The lowest BCUT2D eigenvalue weighted by molar-refractivity contribution is -0.124. The summed E-state index contributed by atoms with van der Waals surface area (Å²) >= 11 is 0. The van der Waals surface area contributed by atoms with Gasteiger partial charge in [0.05, 0.1) is 6.54 Å². The summed E-state index contributed by atoms with van der Waals surface area (Å²) in [5, 5.41) is 5.60. The predicted octanol–water partition coefficient (Wildman–Crippen LogP) is 2.16. The second kappa shape index (κ2) is 5.36. The third-order valence-electron chi connectivity index (χ3n) is 3.40. The van der Waals surface area contributed by atoms with Crippen LogP contribution in [0, 0.1) is 11.3 Å². The first-order valence-electron chi connectivity index (χ1n) is 5.84. The molecule has 1 fully saturated rings. The van der Waals surface area contributed by atoms with Crippen LogP contribution in [0.1, 0.15) is 26.7 Å². The molecule has 0 aliphatic heterocycles. The first-order chi connectivity index (χ1) is 7.36. The molecule has 1 saturated carbocycles. The third kappa shape index (κ3) is 4.70. The molecular formula is C11H21F3N2. The van der Waals surface area contributed by atoms with Crippen molar-refractivity contribution in [1.82, 2.24) is 10.6 Å². The smallest absolute Gasteiger partial charge is 0.315 e. The molecule has 0 bridgehead atoms. The summed E-state index contributed by atoms with van der Waals surface area (Å²) in [4.78, 5) is 0. The molecule has 0 unspecified atom stereocenters. The minimum absolute atomic E-state index is 0.369. The molecule has 16 heavy (non-hydrogen) atoms. The largest absolute Gasteiger partial charge is 0.401 e. The fourth-order valence-electron chi connectivity index (χ4n) is 1.86. The van der Waals surface area contributed by atoms with E-state index in [4.69, 9.17) is 0 Å². The van der Waals surface area contributed by atoms with Crippen molar-refractivity contribution in [2.75, 3.05) is 26.2 Å². The molecule has 0 atom stereocenters. The lowest BCUT2D eigenvalue weighted by Gasteiger charge is -2.20. The zero-order chi connectivity index (χ0) is 12.2. The van der Waals surface area contributed by atoms with Gasteiger partial charge in [-0.15, -0.1) is 0 Å². The first-order valence-corrected chi connectivity index (χ1v) is 5.84. The molecule has 1 rings (SSSR count). The van der Waals surface area contributed by atoms with Gasteiger partial charge < -0.3 is 10.6 Å². The summed E-state index contributed by atoms with van der Waals surface area (Å²) in [5.41, 5.74) is 0.421. The van der Waals surface area contributed by atoms with Gasteiger partial charge in [-0.25, -0.2) is 0 Å². The van der Waals surface area contributed by atoms with Crippen LogP contribution in [0.3, 0.4) is 0 Å². The van der Waals surface area contributed by atoms with Gasteiger partial charge in [0, 0.05) is 19.6 Å². The molecule has 96 valence electrons. The molecule has 2 N–H and O–H groups in total. The van der Waals surface area contributed by atoms with E-state index in [-0.39, 0.29) is 0 Å². The Kier molecular flexibility index (Phi) is 4.62. The Balaban J connectivity index is 1.97. The van der Waals surface area contributed by atoms with E-state index in [1.807, 2.05) is 0 Å². The molecule has 1 aliphatic carbocycles. The highest BCUT2D eigenvalue weighted by molar-refractivity contribution is 4.96. The van der Waals surface area contributed by atoms with Crippen LogP contribution in [0.2, 0.25) is 0 Å². The van der Waals surface area contributed by atoms with Crippen molar-refractivity contribution in [2.24, 2.45) is 11.3 Å². The van der Waals surface area contributed by atoms with Crippen molar-refractivity contribution in [1.29, 1.82) is 0 Å². The molecule has 2 nitrogen and oxygen atoms in total. The van der Waals surface area contributed by atoms with Gasteiger partial charge in [-0.3, -0.25) is 0 Å². The monoisotopic (exact) mass is 238 g/mol. The summed E-state index contributed by atoms with van der Waals surface area (Å²) < 4.78 is 35.4. The Morgan fingerprint density at radius 1 is 1.12 bits per heavy atom. The van der Waals surface area contributed by atoms with Crippen LogP contribution in [0.4, 0.5) is 13.2 Å². The summed E-state index contributed by atoms with van der Waals surface area (Å²) in [7, 11) is 0. The molecule has 0 saturated heterocycles. The summed E-state index contributed by atoms with van der Waals surface area (Å²) in [6, 6.07) is 0. The van der Waals surface area contributed by atoms with E-state index < -0.39 is 12.7 Å². The molecule has 0 heterocycles. The highest BCUT2D eigenvalue weighted by atomic mass is 19.4. The minimum Gasteiger partial charge on any atom is -0.315 e. The molecule has 0 radical (unpaired) electrons.